The molecule has 0 saturated heterocycles. The van der Waals surface area contributed by atoms with E-state index >= 15 is 0 Å². The van der Waals surface area contributed by atoms with Crippen LogP contribution in [-0.2, 0) is 0 Å². The molecule has 0 aliphatic carbocycles. The second kappa shape index (κ2) is 7.38. The van der Waals surface area contributed by atoms with Gasteiger partial charge in [0.15, 0.2) is 11.5 Å². The lowest BCUT2D eigenvalue weighted by atomic mass is 10.1. The van der Waals surface area contributed by atoms with Crippen molar-refractivity contribution >= 4 is 0 Å². The average Bonchev–Trinajstić information content (AvgIpc) is 2.37. The summed E-state index contributed by atoms with van der Waals surface area (Å²) in [5, 5.41) is 12.6. The number of ether oxygens (including phenoxy) is 1. The molecule has 0 bridgehead atoms. The minimum atomic E-state index is -4.07. The topological polar surface area (TPSA) is 41.5 Å². The van der Waals surface area contributed by atoms with Gasteiger partial charge in [-0.2, -0.15) is 13.2 Å². The van der Waals surface area contributed by atoms with E-state index in [4.69, 9.17) is 4.74 Å². The number of phenols is 1. The van der Waals surface area contributed by atoms with Crippen LogP contribution in [-0.4, -0.2) is 24.9 Å². The van der Waals surface area contributed by atoms with Crippen LogP contribution in [0.2, 0.25) is 0 Å². The molecule has 0 amide bonds. The molecule has 1 rings (SSSR count). The molecule has 114 valence electrons. The second-order valence-electron chi connectivity index (χ2n) is 4.68. The number of nitrogens with one attached hydrogen (secondary N) is 1. The van der Waals surface area contributed by atoms with Gasteiger partial charge in [-0.1, -0.05) is 6.07 Å². The van der Waals surface area contributed by atoms with Crippen LogP contribution in [0.5, 0.6) is 11.5 Å². The fourth-order valence-electron chi connectivity index (χ4n) is 1.85. The van der Waals surface area contributed by atoms with Gasteiger partial charge >= 0.3 is 6.18 Å². The van der Waals surface area contributed by atoms with Crippen molar-refractivity contribution in [3.63, 3.8) is 0 Å². The average molecular weight is 291 g/mol. The summed E-state index contributed by atoms with van der Waals surface area (Å²) in [6.45, 7) is 2.43. The minimum absolute atomic E-state index is 0.0182. The van der Waals surface area contributed by atoms with Gasteiger partial charge < -0.3 is 15.2 Å². The van der Waals surface area contributed by atoms with Crippen molar-refractivity contribution in [2.24, 2.45) is 0 Å². The predicted molar refractivity (Wildman–Crippen MR) is 71.0 cm³/mol. The van der Waals surface area contributed by atoms with E-state index in [-0.39, 0.29) is 18.2 Å². The minimum Gasteiger partial charge on any atom is -0.504 e. The lowest BCUT2D eigenvalue weighted by Gasteiger charge is -2.16. The number of phenolic OH excluding ortho intramolecular Hbond substituents is 1. The molecule has 0 aliphatic rings. The highest BCUT2D eigenvalue weighted by Crippen LogP contribution is 2.28. The van der Waals surface area contributed by atoms with Crippen LogP contribution in [0, 0.1) is 0 Å². The van der Waals surface area contributed by atoms with Gasteiger partial charge in [0.05, 0.1) is 7.11 Å². The zero-order chi connectivity index (χ0) is 15.2. The lowest BCUT2D eigenvalue weighted by molar-refractivity contribution is -0.135. The number of unbranched alkanes of at least 4 members (excludes halogenated alkanes) is 1. The summed E-state index contributed by atoms with van der Waals surface area (Å²) < 4.78 is 40.9. The van der Waals surface area contributed by atoms with Crippen LogP contribution < -0.4 is 10.1 Å². The number of rotatable bonds is 7. The van der Waals surface area contributed by atoms with E-state index in [2.05, 4.69) is 5.32 Å². The maximum absolute atomic E-state index is 12.0. The molecule has 0 fully saturated rings. The fourth-order valence-corrected chi connectivity index (χ4v) is 1.85. The molecule has 0 saturated carbocycles. The molecule has 0 aromatic heterocycles. The van der Waals surface area contributed by atoms with Crippen molar-refractivity contribution in [2.75, 3.05) is 13.7 Å². The predicted octanol–water partition coefficient (Wildman–Crippen LogP) is 3.78. The van der Waals surface area contributed by atoms with Crippen LogP contribution >= 0.6 is 0 Å². The quantitative estimate of drug-likeness (QED) is 0.751. The molecule has 20 heavy (non-hydrogen) atoms. The second-order valence-corrected chi connectivity index (χ2v) is 4.68. The fraction of sp³-hybridized carbons (Fsp3) is 0.571. The van der Waals surface area contributed by atoms with Gasteiger partial charge in [0.1, 0.15) is 0 Å². The van der Waals surface area contributed by atoms with E-state index in [0.29, 0.717) is 18.7 Å². The number of alkyl halides is 3. The van der Waals surface area contributed by atoms with Gasteiger partial charge in [-0.15, -0.1) is 0 Å². The van der Waals surface area contributed by atoms with Crippen molar-refractivity contribution < 1.29 is 23.0 Å². The Kier molecular flexibility index (Phi) is 6.13. The first-order valence-corrected chi connectivity index (χ1v) is 6.50. The van der Waals surface area contributed by atoms with E-state index in [1.54, 1.807) is 12.1 Å². The van der Waals surface area contributed by atoms with Gasteiger partial charge in [-0.25, -0.2) is 0 Å². The Balaban J connectivity index is 2.37. The number of hydrogen-bond acceptors (Lipinski definition) is 3. The Morgan fingerprint density at radius 2 is 2.00 bits per heavy atom. The Bertz CT molecular complexity index is 421. The molecule has 0 spiro atoms. The maximum Gasteiger partial charge on any atom is 0.389 e. The van der Waals surface area contributed by atoms with E-state index in [0.717, 1.165) is 5.56 Å². The third-order valence-corrected chi connectivity index (χ3v) is 3.04. The van der Waals surface area contributed by atoms with E-state index in [9.17, 15) is 18.3 Å². The molecular formula is C14H20F3NO2. The highest BCUT2D eigenvalue weighted by atomic mass is 19.4. The van der Waals surface area contributed by atoms with Gasteiger partial charge in [0.2, 0.25) is 0 Å². The zero-order valence-corrected chi connectivity index (χ0v) is 11.6. The van der Waals surface area contributed by atoms with E-state index in [1.165, 1.54) is 13.2 Å². The number of hydrogen-bond donors (Lipinski definition) is 2. The summed E-state index contributed by atoms with van der Waals surface area (Å²) in [6, 6.07) is 4.99. The lowest BCUT2D eigenvalue weighted by Crippen LogP contribution is -2.20. The molecule has 1 unspecified atom stereocenters. The molecule has 1 atom stereocenters. The third-order valence-electron chi connectivity index (χ3n) is 3.04. The van der Waals surface area contributed by atoms with Crippen LogP contribution in [0.3, 0.4) is 0 Å². The number of aromatic hydroxyl groups is 1. The largest absolute Gasteiger partial charge is 0.504 e. The molecule has 3 nitrogen and oxygen atoms in total. The van der Waals surface area contributed by atoms with E-state index < -0.39 is 12.6 Å². The molecule has 2 N–H and O–H groups in total. The number of methoxy groups -OCH3 is 1. The van der Waals surface area contributed by atoms with E-state index in [1.807, 2.05) is 6.92 Å². The summed E-state index contributed by atoms with van der Waals surface area (Å²) in [5.74, 6) is 0.446. The van der Waals surface area contributed by atoms with Crippen molar-refractivity contribution in [1.82, 2.24) is 5.32 Å². The molecular weight excluding hydrogens is 271 g/mol. The van der Waals surface area contributed by atoms with Crippen LogP contribution in [0.15, 0.2) is 18.2 Å². The number of benzene rings is 1. The standard InChI is InChI=1S/C14H20F3NO2/c1-10(18-8-4-3-7-14(15,16)17)11-5-6-12(19)13(9-11)20-2/h5-6,9-10,18-19H,3-4,7-8H2,1-2H3. The Labute approximate surface area is 116 Å². The molecule has 0 radical (unpaired) electrons. The van der Waals surface area contributed by atoms with Crippen molar-refractivity contribution in [2.45, 2.75) is 38.4 Å². The third kappa shape index (κ3) is 5.69. The summed E-state index contributed by atoms with van der Waals surface area (Å²) in [7, 11) is 1.47. The molecule has 0 heterocycles. The van der Waals surface area contributed by atoms with Gasteiger partial charge in [0, 0.05) is 12.5 Å². The Morgan fingerprint density at radius 1 is 1.30 bits per heavy atom. The van der Waals surface area contributed by atoms with Crippen LogP contribution in [0.1, 0.15) is 37.8 Å². The zero-order valence-electron chi connectivity index (χ0n) is 11.6. The maximum atomic E-state index is 12.0. The summed E-state index contributed by atoms with van der Waals surface area (Å²) in [4.78, 5) is 0. The van der Waals surface area contributed by atoms with Crippen LogP contribution in [0.25, 0.3) is 0 Å². The first-order chi connectivity index (χ1) is 9.33. The summed E-state index contributed by atoms with van der Waals surface area (Å²) in [5.41, 5.74) is 0.912. The van der Waals surface area contributed by atoms with Crippen LogP contribution in [0.4, 0.5) is 13.2 Å². The normalized spacial score (nSPS) is 13.2. The highest BCUT2D eigenvalue weighted by molar-refractivity contribution is 5.42. The summed E-state index contributed by atoms with van der Waals surface area (Å²) in [6.07, 6.45) is -4.22. The van der Waals surface area contributed by atoms with Crippen molar-refractivity contribution in [1.29, 1.82) is 0 Å². The molecule has 0 aliphatic heterocycles. The van der Waals surface area contributed by atoms with Gasteiger partial charge in [-0.05, 0) is 44.0 Å². The molecule has 1 aromatic carbocycles. The monoisotopic (exact) mass is 291 g/mol. The number of halogens is 3. The van der Waals surface area contributed by atoms with Crippen molar-refractivity contribution in [3.05, 3.63) is 23.8 Å². The highest BCUT2D eigenvalue weighted by Gasteiger charge is 2.25. The molecule has 1 aromatic rings. The Hall–Kier alpha value is -1.43. The Morgan fingerprint density at radius 3 is 2.60 bits per heavy atom. The van der Waals surface area contributed by atoms with Gasteiger partial charge in [-0.3, -0.25) is 0 Å². The SMILES string of the molecule is COc1cc(C(C)NCCCCC(F)(F)F)ccc1O. The molecule has 6 heteroatoms. The first-order valence-electron chi connectivity index (χ1n) is 6.50. The first kappa shape index (κ1) is 16.6. The smallest absolute Gasteiger partial charge is 0.389 e. The summed E-state index contributed by atoms with van der Waals surface area (Å²) >= 11 is 0. The van der Waals surface area contributed by atoms with Gasteiger partial charge in [0.25, 0.3) is 0 Å². The van der Waals surface area contributed by atoms with Crippen molar-refractivity contribution in [3.8, 4) is 11.5 Å².